The minimum Gasteiger partial charge on any atom is -0.388 e. The molecule has 1 unspecified atom stereocenters. The van der Waals surface area contributed by atoms with Crippen molar-refractivity contribution in [2.24, 2.45) is 11.7 Å². The first-order valence-corrected chi connectivity index (χ1v) is 5.54. The fourth-order valence-electron chi connectivity index (χ4n) is 2.29. The van der Waals surface area contributed by atoms with E-state index in [1.54, 1.807) is 0 Å². The number of hydrogen-bond donors (Lipinski definition) is 2. The van der Waals surface area contributed by atoms with Crippen LogP contribution in [0.2, 0.25) is 0 Å². The highest BCUT2D eigenvalue weighted by atomic mass is 16.3. The molecule has 1 saturated carbocycles. The Hall–Kier alpha value is -0.0800. The molecule has 0 aromatic carbocycles. The molecule has 0 saturated heterocycles. The lowest BCUT2D eigenvalue weighted by atomic mass is 9.81. The van der Waals surface area contributed by atoms with Gasteiger partial charge in [0.15, 0.2) is 0 Å². The monoisotopic (exact) mass is 185 g/mol. The fourth-order valence-corrected chi connectivity index (χ4v) is 2.29. The van der Waals surface area contributed by atoms with Crippen molar-refractivity contribution >= 4 is 0 Å². The van der Waals surface area contributed by atoms with E-state index in [4.69, 9.17) is 5.73 Å². The Labute approximate surface area is 81.5 Å². The van der Waals surface area contributed by atoms with E-state index >= 15 is 0 Å². The molecule has 13 heavy (non-hydrogen) atoms. The smallest absolute Gasteiger partial charge is 0.0800 e. The van der Waals surface area contributed by atoms with Gasteiger partial charge in [0.2, 0.25) is 0 Å². The van der Waals surface area contributed by atoms with Gasteiger partial charge in [-0.05, 0) is 18.8 Å². The summed E-state index contributed by atoms with van der Waals surface area (Å²) in [7, 11) is 0. The van der Waals surface area contributed by atoms with Crippen LogP contribution in [0.3, 0.4) is 0 Å². The molecule has 2 nitrogen and oxygen atoms in total. The highest BCUT2D eigenvalue weighted by molar-refractivity contribution is 4.92. The van der Waals surface area contributed by atoms with E-state index in [2.05, 4.69) is 13.8 Å². The Balaban J connectivity index is 2.60. The van der Waals surface area contributed by atoms with Gasteiger partial charge in [0.25, 0.3) is 0 Å². The lowest BCUT2D eigenvalue weighted by Crippen LogP contribution is -2.50. The summed E-state index contributed by atoms with van der Waals surface area (Å²) in [5.74, 6) is 0.378. The Bertz CT molecular complexity index is 148. The van der Waals surface area contributed by atoms with Crippen molar-refractivity contribution in [3.05, 3.63) is 0 Å². The van der Waals surface area contributed by atoms with Crippen LogP contribution >= 0.6 is 0 Å². The van der Waals surface area contributed by atoms with E-state index in [1.165, 1.54) is 12.8 Å². The SMILES string of the molecule is CC(C)C(N)C1(O)CCCCCC1. The summed E-state index contributed by atoms with van der Waals surface area (Å²) in [6, 6.07) is -0.0504. The first-order chi connectivity index (χ1) is 6.06. The fraction of sp³-hybridized carbons (Fsp3) is 1.00. The lowest BCUT2D eigenvalue weighted by molar-refractivity contribution is -0.0137. The zero-order valence-corrected chi connectivity index (χ0v) is 8.92. The average molecular weight is 185 g/mol. The van der Waals surface area contributed by atoms with Crippen LogP contribution in [-0.2, 0) is 0 Å². The second kappa shape index (κ2) is 4.43. The van der Waals surface area contributed by atoms with Crippen LogP contribution in [0.15, 0.2) is 0 Å². The molecule has 1 fully saturated rings. The molecule has 3 N–H and O–H groups in total. The Kier molecular flexibility index (Phi) is 3.74. The van der Waals surface area contributed by atoms with Gasteiger partial charge in [-0.2, -0.15) is 0 Å². The normalized spacial score (nSPS) is 25.6. The molecule has 0 radical (unpaired) electrons. The zero-order chi connectivity index (χ0) is 9.90. The van der Waals surface area contributed by atoms with Crippen molar-refractivity contribution in [3.8, 4) is 0 Å². The van der Waals surface area contributed by atoms with Crippen molar-refractivity contribution in [2.75, 3.05) is 0 Å². The molecule has 0 aromatic heterocycles. The van der Waals surface area contributed by atoms with E-state index in [9.17, 15) is 5.11 Å². The highest BCUT2D eigenvalue weighted by Crippen LogP contribution is 2.31. The molecule has 1 aliphatic rings. The van der Waals surface area contributed by atoms with Gasteiger partial charge < -0.3 is 10.8 Å². The van der Waals surface area contributed by atoms with Crippen molar-refractivity contribution < 1.29 is 5.11 Å². The molecule has 0 aromatic rings. The molecule has 1 aliphatic carbocycles. The lowest BCUT2D eigenvalue weighted by Gasteiger charge is -2.35. The van der Waals surface area contributed by atoms with Gasteiger partial charge in [0.1, 0.15) is 0 Å². The van der Waals surface area contributed by atoms with Gasteiger partial charge in [0.05, 0.1) is 5.60 Å². The van der Waals surface area contributed by atoms with Crippen molar-refractivity contribution in [3.63, 3.8) is 0 Å². The Morgan fingerprint density at radius 2 is 1.54 bits per heavy atom. The Morgan fingerprint density at radius 1 is 1.08 bits per heavy atom. The first-order valence-electron chi connectivity index (χ1n) is 5.54. The van der Waals surface area contributed by atoms with Crippen molar-refractivity contribution in [2.45, 2.75) is 64.0 Å². The van der Waals surface area contributed by atoms with Crippen LogP contribution in [0.5, 0.6) is 0 Å². The minimum absolute atomic E-state index is 0.0504. The molecule has 0 amide bonds. The second-order valence-electron chi connectivity index (χ2n) is 4.79. The zero-order valence-electron chi connectivity index (χ0n) is 8.92. The van der Waals surface area contributed by atoms with E-state index < -0.39 is 5.60 Å². The third-order valence-electron chi connectivity index (χ3n) is 3.31. The van der Waals surface area contributed by atoms with E-state index in [-0.39, 0.29) is 6.04 Å². The molecule has 78 valence electrons. The van der Waals surface area contributed by atoms with Gasteiger partial charge in [-0.15, -0.1) is 0 Å². The van der Waals surface area contributed by atoms with Gasteiger partial charge >= 0.3 is 0 Å². The predicted molar refractivity (Wildman–Crippen MR) is 55.5 cm³/mol. The summed E-state index contributed by atoms with van der Waals surface area (Å²) in [6.45, 7) is 4.18. The standard InChI is InChI=1S/C11H23NO/c1-9(2)10(12)11(13)7-5-3-4-6-8-11/h9-10,13H,3-8,12H2,1-2H3. The molecule has 1 atom stereocenters. The Morgan fingerprint density at radius 3 is 1.92 bits per heavy atom. The van der Waals surface area contributed by atoms with E-state index in [1.807, 2.05) is 0 Å². The van der Waals surface area contributed by atoms with Crippen LogP contribution in [0.1, 0.15) is 52.4 Å². The van der Waals surface area contributed by atoms with Gasteiger partial charge in [-0.1, -0.05) is 39.5 Å². The maximum absolute atomic E-state index is 10.4. The molecular formula is C11H23NO. The maximum Gasteiger partial charge on any atom is 0.0800 e. The molecular weight excluding hydrogens is 162 g/mol. The quantitative estimate of drug-likeness (QED) is 0.647. The number of aliphatic hydroxyl groups is 1. The third kappa shape index (κ3) is 2.68. The van der Waals surface area contributed by atoms with Gasteiger partial charge in [-0.3, -0.25) is 0 Å². The summed E-state index contributed by atoms with van der Waals surface area (Å²) < 4.78 is 0. The van der Waals surface area contributed by atoms with Crippen molar-refractivity contribution in [1.82, 2.24) is 0 Å². The minimum atomic E-state index is -0.579. The summed E-state index contributed by atoms with van der Waals surface area (Å²) in [4.78, 5) is 0. The van der Waals surface area contributed by atoms with Crippen LogP contribution in [0.4, 0.5) is 0 Å². The number of hydrogen-bond acceptors (Lipinski definition) is 2. The van der Waals surface area contributed by atoms with Crippen LogP contribution in [0, 0.1) is 5.92 Å². The van der Waals surface area contributed by atoms with Crippen molar-refractivity contribution in [1.29, 1.82) is 0 Å². The largest absolute Gasteiger partial charge is 0.388 e. The number of rotatable bonds is 2. The highest BCUT2D eigenvalue weighted by Gasteiger charge is 2.35. The first kappa shape index (κ1) is 11.0. The van der Waals surface area contributed by atoms with E-state index in [0.717, 1.165) is 25.7 Å². The predicted octanol–water partition coefficient (Wildman–Crippen LogP) is 2.05. The van der Waals surface area contributed by atoms with Gasteiger partial charge in [-0.25, -0.2) is 0 Å². The van der Waals surface area contributed by atoms with E-state index in [0.29, 0.717) is 5.92 Å². The molecule has 0 aliphatic heterocycles. The third-order valence-corrected chi connectivity index (χ3v) is 3.31. The summed E-state index contributed by atoms with van der Waals surface area (Å²) in [6.07, 6.45) is 6.58. The van der Waals surface area contributed by atoms with Crippen LogP contribution < -0.4 is 5.73 Å². The summed E-state index contributed by atoms with van der Waals surface area (Å²) in [5.41, 5.74) is 5.47. The number of nitrogens with two attached hydrogens (primary N) is 1. The molecule has 0 bridgehead atoms. The van der Waals surface area contributed by atoms with Crippen LogP contribution in [-0.4, -0.2) is 16.7 Å². The topological polar surface area (TPSA) is 46.2 Å². The second-order valence-corrected chi connectivity index (χ2v) is 4.79. The average Bonchev–Trinajstić information content (AvgIpc) is 2.29. The molecule has 0 heterocycles. The van der Waals surface area contributed by atoms with Gasteiger partial charge in [0, 0.05) is 6.04 Å². The summed E-state index contributed by atoms with van der Waals surface area (Å²) >= 11 is 0. The maximum atomic E-state index is 10.4. The molecule has 2 heteroatoms. The summed E-state index contributed by atoms with van der Waals surface area (Å²) in [5, 5.41) is 10.4. The van der Waals surface area contributed by atoms with Crippen LogP contribution in [0.25, 0.3) is 0 Å². The molecule has 1 rings (SSSR count). The molecule has 0 spiro atoms.